The van der Waals surface area contributed by atoms with Gasteiger partial charge in [0.15, 0.2) is 0 Å². The minimum atomic E-state index is -0.245. The lowest BCUT2D eigenvalue weighted by Gasteiger charge is -1.88. The van der Waals surface area contributed by atoms with E-state index in [-0.39, 0.29) is 23.8 Å². The zero-order chi connectivity index (χ0) is 16.4. The highest BCUT2D eigenvalue weighted by Gasteiger charge is 1.79. The molecule has 0 aromatic heterocycles. The molecule has 0 spiro atoms. The van der Waals surface area contributed by atoms with Gasteiger partial charge in [0.1, 0.15) is 5.78 Å². The monoisotopic (exact) mass is 279 g/mol. The van der Waals surface area contributed by atoms with Crippen LogP contribution in [-0.2, 0) is 19.1 Å². The van der Waals surface area contributed by atoms with Crippen LogP contribution in [0, 0.1) is 0 Å². The molecule has 0 rings (SSSR count). The molecule has 0 aromatic carbocycles. The van der Waals surface area contributed by atoms with Gasteiger partial charge in [0.25, 0.3) is 0 Å². The quantitative estimate of drug-likeness (QED) is 0.706. The molecule has 0 atom stereocenters. The van der Waals surface area contributed by atoms with Crippen LogP contribution in [0.5, 0.6) is 0 Å². The number of esters is 1. The van der Waals surface area contributed by atoms with Gasteiger partial charge < -0.3 is 20.0 Å². The van der Waals surface area contributed by atoms with E-state index in [9.17, 15) is 14.4 Å². The standard InChI is InChI=1S/C4H9NO.C3H6O2.C3H8O.C3H6O/c1-3-5-4(2)6;1-3(4)5-2;2*1-3(2)4/h3H2,1-2H3,(H,5,6);1-2H3;3-4H,1-2H3;1-2H3. The van der Waals surface area contributed by atoms with E-state index >= 15 is 0 Å². The predicted octanol–water partition coefficient (Wildman–Crippen LogP) is 1.30. The van der Waals surface area contributed by atoms with Crippen molar-refractivity contribution in [3.05, 3.63) is 0 Å². The molecule has 116 valence electrons. The van der Waals surface area contributed by atoms with Crippen molar-refractivity contribution in [2.24, 2.45) is 0 Å². The number of ketones is 1. The van der Waals surface area contributed by atoms with E-state index in [4.69, 9.17) is 5.11 Å². The van der Waals surface area contributed by atoms with Gasteiger partial charge in [0.2, 0.25) is 5.91 Å². The summed E-state index contributed by atoms with van der Waals surface area (Å²) in [5, 5.41) is 10.6. The Bertz CT molecular complexity index is 220. The Hall–Kier alpha value is -1.43. The summed E-state index contributed by atoms with van der Waals surface area (Å²) >= 11 is 0. The molecule has 0 unspecified atom stereocenters. The molecule has 6 nitrogen and oxygen atoms in total. The van der Waals surface area contributed by atoms with Gasteiger partial charge in [-0.1, -0.05) is 0 Å². The summed E-state index contributed by atoms with van der Waals surface area (Å²) in [7, 11) is 1.35. The third kappa shape index (κ3) is 276. The molecule has 0 aliphatic rings. The van der Waals surface area contributed by atoms with Gasteiger partial charge in [-0.25, -0.2) is 0 Å². The van der Waals surface area contributed by atoms with Crippen LogP contribution in [0.1, 0.15) is 48.5 Å². The van der Waals surface area contributed by atoms with E-state index in [1.165, 1.54) is 34.8 Å². The van der Waals surface area contributed by atoms with Crippen LogP contribution in [-0.4, -0.2) is 42.5 Å². The summed E-state index contributed by atoms with van der Waals surface area (Å²) in [5.41, 5.74) is 0. The molecule has 0 heterocycles. The van der Waals surface area contributed by atoms with Crippen molar-refractivity contribution in [3.8, 4) is 0 Å². The fraction of sp³-hybridized carbons (Fsp3) is 0.769. The minimum Gasteiger partial charge on any atom is -0.469 e. The number of aliphatic hydroxyl groups is 1. The molecule has 0 saturated carbocycles. The van der Waals surface area contributed by atoms with Gasteiger partial charge in [-0.3, -0.25) is 9.59 Å². The Kier molecular flexibility index (Phi) is 30.1. The minimum absolute atomic E-state index is 0.0394. The molecule has 0 bridgehead atoms. The van der Waals surface area contributed by atoms with Gasteiger partial charge in [0.05, 0.1) is 7.11 Å². The second-order valence-corrected chi connectivity index (χ2v) is 3.78. The second kappa shape index (κ2) is 21.8. The third-order valence-electron chi connectivity index (χ3n) is 0.713. The highest BCUT2D eigenvalue weighted by molar-refractivity contribution is 5.72. The lowest BCUT2D eigenvalue weighted by Crippen LogP contribution is -2.18. The number of carbonyl (C=O) groups is 3. The lowest BCUT2D eigenvalue weighted by molar-refractivity contribution is -0.138. The summed E-state index contributed by atoms with van der Waals surface area (Å²) in [4.78, 5) is 29.0. The maximum Gasteiger partial charge on any atom is 0.302 e. The number of amides is 1. The molecular formula is C13H29NO5. The van der Waals surface area contributed by atoms with Gasteiger partial charge >= 0.3 is 5.97 Å². The van der Waals surface area contributed by atoms with Gasteiger partial charge in [-0.2, -0.15) is 0 Å². The lowest BCUT2D eigenvalue weighted by atomic mass is 10.5. The normalized spacial score (nSPS) is 7.47. The maximum atomic E-state index is 9.93. The van der Waals surface area contributed by atoms with Crippen LogP contribution >= 0.6 is 0 Å². The van der Waals surface area contributed by atoms with Crippen molar-refractivity contribution in [1.82, 2.24) is 5.32 Å². The number of methoxy groups -OCH3 is 1. The van der Waals surface area contributed by atoms with E-state index in [2.05, 4.69) is 10.1 Å². The zero-order valence-electron chi connectivity index (χ0n) is 13.4. The van der Waals surface area contributed by atoms with Crippen molar-refractivity contribution in [3.63, 3.8) is 0 Å². The fourth-order valence-electron chi connectivity index (χ4n) is 0.249. The summed E-state index contributed by atoms with van der Waals surface area (Å²) in [6.07, 6.45) is -0.167. The zero-order valence-corrected chi connectivity index (χ0v) is 13.4. The van der Waals surface area contributed by atoms with Crippen LogP contribution in [0.4, 0.5) is 0 Å². The largest absolute Gasteiger partial charge is 0.469 e. The Morgan fingerprint density at radius 2 is 1.32 bits per heavy atom. The van der Waals surface area contributed by atoms with Gasteiger partial charge in [0, 0.05) is 26.5 Å². The van der Waals surface area contributed by atoms with Gasteiger partial charge in [-0.15, -0.1) is 0 Å². The Labute approximate surface area is 116 Å². The van der Waals surface area contributed by atoms with Crippen LogP contribution in [0.25, 0.3) is 0 Å². The van der Waals surface area contributed by atoms with Crippen molar-refractivity contribution in [1.29, 1.82) is 0 Å². The molecule has 6 heteroatoms. The Balaban J connectivity index is -0.0000000803. The summed E-state index contributed by atoms with van der Waals surface area (Å²) < 4.78 is 4.11. The number of carbonyl (C=O) groups excluding carboxylic acids is 3. The van der Waals surface area contributed by atoms with E-state index in [0.29, 0.717) is 0 Å². The van der Waals surface area contributed by atoms with Crippen molar-refractivity contribution < 1.29 is 24.2 Å². The van der Waals surface area contributed by atoms with E-state index in [1.54, 1.807) is 13.8 Å². The van der Waals surface area contributed by atoms with Gasteiger partial charge in [-0.05, 0) is 34.6 Å². The molecule has 1 amide bonds. The van der Waals surface area contributed by atoms with Crippen molar-refractivity contribution >= 4 is 17.7 Å². The number of Topliss-reactive ketones (excluding diaryl/α,β-unsaturated/α-hetero) is 1. The second-order valence-electron chi connectivity index (χ2n) is 3.78. The molecule has 0 aliphatic carbocycles. The highest BCUT2D eigenvalue weighted by atomic mass is 16.5. The number of ether oxygens (including phenoxy) is 1. The highest BCUT2D eigenvalue weighted by Crippen LogP contribution is 1.65. The third-order valence-corrected chi connectivity index (χ3v) is 0.713. The van der Waals surface area contributed by atoms with Crippen LogP contribution in [0.3, 0.4) is 0 Å². The van der Waals surface area contributed by atoms with Crippen molar-refractivity contribution in [2.75, 3.05) is 13.7 Å². The molecular weight excluding hydrogens is 250 g/mol. The molecule has 0 radical (unpaired) electrons. The average Bonchev–Trinajstić information content (AvgIpc) is 2.16. The topological polar surface area (TPSA) is 92.7 Å². The molecule has 0 aliphatic heterocycles. The molecule has 2 N–H and O–H groups in total. The van der Waals surface area contributed by atoms with E-state index in [0.717, 1.165) is 6.54 Å². The first-order chi connectivity index (χ1) is 8.50. The first kappa shape index (κ1) is 26.2. The van der Waals surface area contributed by atoms with Crippen LogP contribution in [0.2, 0.25) is 0 Å². The van der Waals surface area contributed by atoms with E-state index in [1.807, 2.05) is 6.92 Å². The summed E-state index contributed by atoms with van der Waals surface area (Å²) in [5.74, 6) is -0.0394. The summed E-state index contributed by atoms with van der Waals surface area (Å²) in [6.45, 7) is 12.0. The SMILES string of the molecule is CC(C)=O.CC(C)O.CCNC(C)=O.COC(C)=O. The number of nitrogens with one attached hydrogen (secondary N) is 1. The van der Waals surface area contributed by atoms with Crippen LogP contribution < -0.4 is 5.32 Å². The smallest absolute Gasteiger partial charge is 0.302 e. The number of rotatable bonds is 1. The molecule has 0 aromatic rings. The molecule has 0 fully saturated rings. The molecule has 19 heavy (non-hydrogen) atoms. The maximum absolute atomic E-state index is 9.93. The van der Waals surface area contributed by atoms with Crippen molar-refractivity contribution in [2.45, 2.75) is 54.6 Å². The Morgan fingerprint density at radius 3 is 1.32 bits per heavy atom. The predicted molar refractivity (Wildman–Crippen MR) is 75.8 cm³/mol. The number of hydrogen-bond donors (Lipinski definition) is 2. The average molecular weight is 279 g/mol. The fourth-order valence-corrected chi connectivity index (χ4v) is 0.249. The first-order valence-corrected chi connectivity index (χ1v) is 5.95. The number of aliphatic hydroxyl groups excluding tert-OH is 1. The molecule has 0 saturated heterocycles. The summed E-state index contributed by atoms with van der Waals surface area (Å²) in [6, 6.07) is 0. The van der Waals surface area contributed by atoms with E-state index < -0.39 is 0 Å². The van der Waals surface area contributed by atoms with Crippen LogP contribution in [0.15, 0.2) is 0 Å². The Morgan fingerprint density at radius 1 is 1.11 bits per heavy atom. The number of hydrogen-bond acceptors (Lipinski definition) is 5. The first-order valence-electron chi connectivity index (χ1n) is 5.95.